The molecule has 0 spiro atoms. The van der Waals surface area contributed by atoms with Gasteiger partial charge in [0.25, 0.3) is 0 Å². The number of aliphatic carboxylic acids is 1. The Balaban J connectivity index is 0. The molecule has 1 unspecified atom stereocenters. The first-order valence-electron chi connectivity index (χ1n) is 4.01. The maximum absolute atomic E-state index is 10.6. The van der Waals surface area contributed by atoms with Crippen LogP contribution in [0.4, 0.5) is 0 Å². The zero-order valence-electron chi connectivity index (χ0n) is 9.29. The standard InChI is InChI=1S/C9H9NO4.Na.H/c11-9(12)6-8(10(13)14)7-4-2-1-3-5-7;;/h1-5,8H,6H2,(H,11,12);;/q;+1;-1. The minimum atomic E-state index is -1.17. The maximum atomic E-state index is 10.6. The molecule has 1 rings (SSSR count). The van der Waals surface area contributed by atoms with Crippen molar-refractivity contribution < 1.29 is 45.8 Å². The summed E-state index contributed by atoms with van der Waals surface area (Å²) in [5.41, 5.74) is 0.417. The van der Waals surface area contributed by atoms with Gasteiger partial charge in [-0.2, -0.15) is 0 Å². The smallest absolute Gasteiger partial charge is 1.00 e. The van der Waals surface area contributed by atoms with Crippen LogP contribution in [0.25, 0.3) is 0 Å². The number of carbonyl (C=O) groups is 1. The van der Waals surface area contributed by atoms with Gasteiger partial charge in [-0.05, 0) is 0 Å². The minimum absolute atomic E-state index is 0. The van der Waals surface area contributed by atoms with Crippen LogP contribution in [0.5, 0.6) is 0 Å². The van der Waals surface area contributed by atoms with Crippen molar-refractivity contribution in [2.75, 3.05) is 0 Å². The summed E-state index contributed by atoms with van der Waals surface area (Å²) in [4.78, 5) is 20.4. The number of benzene rings is 1. The van der Waals surface area contributed by atoms with E-state index in [-0.39, 0.29) is 31.0 Å². The topological polar surface area (TPSA) is 80.4 Å². The third kappa shape index (κ3) is 4.42. The molecular formula is C9H10NNaO4. The van der Waals surface area contributed by atoms with Crippen molar-refractivity contribution in [3.8, 4) is 0 Å². The molecule has 0 aliphatic rings. The minimum Gasteiger partial charge on any atom is -1.00 e. The molecule has 0 heterocycles. The number of rotatable bonds is 4. The zero-order chi connectivity index (χ0) is 10.6. The van der Waals surface area contributed by atoms with Gasteiger partial charge in [0, 0.05) is 10.5 Å². The number of carboxylic acid groups (broad SMARTS) is 1. The molecule has 0 bridgehead atoms. The predicted molar refractivity (Wildman–Crippen MR) is 49.5 cm³/mol. The van der Waals surface area contributed by atoms with Crippen molar-refractivity contribution in [2.45, 2.75) is 12.5 Å². The summed E-state index contributed by atoms with van der Waals surface area (Å²) in [5, 5.41) is 19.1. The number of hydrogen-bond acceptors (Lipinski definition) is 3. The SMILES string of the molecule is O=C(O)CC(c1ccccc1)[N+](=O)[O-].[H-].[Na+]. The molecule has 0 saturated heterocycles. The van der Waals surface area contributed by atoms with E-state index in [9.17, 15) is 14.9 Å². The predicted octanol–water partition coefficient (Wildman–Crippen LogP) is -1.40. The van der Waals surface area contributed by atoms with Gasteiger partial charge in [0.15, 0.2) is 0 Å². The molecule has 6 heteroatoms. The van der Waals surface area contributed by atoms with Crippen LogP contribution in [0.3, 0.4) is 0 Å². The second-order valence-corrected chi connectivity index (χ2v) is 2.81. The van der Waals surface area contributed by atoms with E-state index in [4.69, 9.17) is 5.11 Å². The van der Waals surface area contributed by atoms with E-state index < -0.39 is 23.4 Å². The second-order valence-electron chi connectivity index (χ2n) is 2.81. The van der Waals surface area contributed by atoms with Crippen LogP contribution in [0.15, 0.2) is 30.3 Å². The van der Waals surface area contributed by atoms with Crippen LogP contribution < -0.4 is 29.6 Å². The van der Waals surface area contributed by atoms with Crippen molar-refractivity contribution in [1.29, 1.82) is 0 Å². The van der Waals surface area contributed by atoms with Gasteiger partial charge in [-0.3, -0.25) is 14.9 Å². The number of carboxylic acids is 1. The number of hydrogen-bond donors (Lipinski definition) is 1. The summed E-state index contributed by atoms with van der Waals surface area (Å²) in [6, 6.07) is 6.96. The first-order valence-corrected chi connectivity index (χ1v) is 4.01. The third-order valence-corrected chi connectivity index (χ3v) is 1.81. The van der Waals surface area contributed by atoms with E-state index in [1.54, 1.807) is 30.3 Å². The van der Waals surface area contributed by atoms with Crippen molar-refractivity contribution in [2.24, 2.45) is 0 Å². The quantitative estimate of drug-likeness (QED) is 0.383. The first-order chi connectivity index (χ1) is 6.61. The molecule has 76 valence electrons. The van der Waals surface area contributed by atoms with Gasteiger partial charge in [0.05, 0.1) is 0 Å². The second kappa shape index (κ2) is 6.55. The van der Waals surface area contributed by atoms with E-state index in [2.05, 4.69) is 0 Å². The van der Waals surface area contributed by atoms with Gasteiger partial charge in [0.2, 0.25) is 6.04 Å². The van der Waals surface area contributed by atoms with Gasteiger partial charge in [-0.25, -0.2) is 0 Å². The van der Waals surface area contributed by atoms with Crippen molar-refractivity contribution in [3.63, 3.8) is 0 Å². The Hall–Kier alpha value is -0.910. The summed E-state index contributed by atoms with van der Waals surface area (Å²) in [5.74, 6) is -1.17. The van der Waals surface area contributed by atoms with Gasteiger partial charge in [-0.1, -0.05) is 30.3 Å². The molecule has 0 aliphatic carbocycles. The monoisotopic (exact) mass is 219 g/mol. The molecule has 1 aromatic carbocycles. The molecule has 0 saturated carbocycles. The molecule has 0 radical (unpaired) electrons. The third-order valence-electron chi connectivity index (χ3n) is 1.81. The summed E-state index contributed by atoms with van der Waals surface area (Å²) in [6.07, 6.45) is -0.489. The Labute approximate surface area is 110 Å². The van der Waals surface area contributed by atoms with E-state index in [0.717, 1.165) is 0 Å². The summed E-state index contributed by atoms with van der Waals surface area (Å²) < 4.78 is 0. The van der Waals surface area contributed by atoms with Gasteiger partial charge >= 0.3 is 35.5 Å². The Morgan fingerprint density at radius 3 is 2.40 bits per heavy atom. The van der Waals surface area contributed by atoms with E-state index >= 15 is 0 Å². The molecular weight excluding hydrogens is 209 g/mol. The Morgan fingerprint density at radius 1 is 1.47 bits per heavy atom. The van der Waals surface area contributed by atoms with Crippen molar-refractivity contribution in [1.82, 2.24) is 0 Å². The van der Waals surface area contributed by atoms with E-state index in [0.29, 0.717) is 5.56 Å². The normalized spacial score (nSPS) is 11.2. The number of nitrogens with zero attached hydrogens (tertiary/aromatic N) is 1. The van der Waals surface area contributed by atoms with Crippen LogP contribution in [0, 0.1) is 10.1 Å². The molecule has 0 aromatic heterocycles. The fourth-order valence-corrected chi connectivity index (χ4v) is 1.15. The molecule has 0 fully saturated rings. The Kier molecular flexibility index (Phi) is 6.15. The summed E-state index contributed by atoms with van der Waals surface area (Å²) in [6.45, 7) is 0. The van der Waals surface area contributed by atoms with Crippen LogP contribution >= 0.6 is 0 Å². The average molecular weight is 219 g/mol. The van der Waals surface area contributed by atoms with E-state index in [1.165, 1.54) is 0 Å². The van der Waals surface area contributed by atoms with Gasteiger partial charge in [-0.15, -0.1) is 0 Å². The van der Waals surface area contributed by atoms with Crippen molar-refractivity contribution >= 4 is 5.97 Å². The molecule has 1 aromatic rings. The largest absolute Gasteiger partial charge is 1.00 e. The number of nitro groups is 1. The molecule has 1 atom stereocenters. The molecule has 5 nitrogen and oxygen atoms in total. The fraction of sp³-hybridized carbons (Fsp3) is 0.222. The molecule has 1 N–H and O–H groups in total. The maximum Gasteiger partial charge on any atom is 1.00 e. The van der Waals surface area contributed by atoms with Crippen LogP contribution in [0.2, 0.25) is 0 Å². The molecule has 15 heavy (non-hydrogen) atoms. The molecule has 0 aliphatic heterocycles. The fourth-order valence-electron chi connectivity index (χ4n) is 1.15. The van der Waals surface area contributed by atoms with Crippen LogP contribution in [-0.4, -0.2) is 16.0 Å². The van der Waals surface area contributed by atoms with Crippen LogP contribution in [0.1, 0.15) is 19.5 Å². The van der Waals surface area contributed by atoms with Gasteiger partial charge < -0.3 is 6.53 Å². The van der Waals surface area contributed by atoms with E-state index in [1.807, 2.05) is 0 Å². The summed E-state index contributed by atoms with van der Waals surface area (Å²) in [7, 11) is 0. The first kappa shape index (κ1) is 14.1. The van der Waals surface area contributed by atoms with Crippen molar-refractivity contribution in [3.05, 3.63) is 46.0 Å². The molecule has 0 amide bonds. The average Bonchev–Trinajstić information content (AvgIpc) is 2.15. The zero-order valence-corrected chi connectivity index (χ0v) is 10.3. The Bertz CT molecular complexity index is 347. The Morgan fingerprint density at radius 2 is 2.00 bits per heavy atom. The van der Waals surface area contributed by atoms with Crippen LogP contribution in [-0.2, 0) is 4.79 Å². The summed E-state index contributed by atoms with van der Waals surface area (Å²) >= 11 is 0. The van der Waals surface area contributed by atoms with Gasteiger partial charge in [0.1, 0.15) is 6.42 Å².